The second-order valence-corrected chi connectivity index (χ2v) is 7.42. The van der Waals surface area contributed by atoms with Crippen molar-refractivity contribution in [3.63, 3.8) is 0 Å². The Morgan fingerprint density at radius 2 is 1.95 bits per heavy atom. The summed E-state index contributed by atoms with van der Waals surface area (Å²) in [6.45, 7) is 8.28. The van der Waals surface area contributed by atoms with Crippen molar-refractivity contribution in [2.45, 2.75) is 39.4 Å². The number of hydrogen-bond acceptors (Lipinski definition) is 3. The predicted octanol–water partition coefficient (Wildman–Crippen LogP) is 4.03. The van der Waals surface area contributed by atoms with Crippen molar-refractivity contribution in [2.24, 2.45) is 0 Å². The van der Waals surface area contributed by atoms with E-state index in [1.54, 1.807) is 11.3 Å². The number of nitrogens with one attached hydrogen (secondary N) is 1. The topological polar surface area (TPSA) is 29.9 Å². The fraction of sp³-hybridized carbons (Fsp3) is 0.353. The summed E-state index contributed by atoms with van der Waals surface area (Å²) >= 11 is 1.78. The average Bonchev–Trinajstić information content (AvgIpc) is 3.01. The van der Waals surface area contributed by atoms with Crippen molar-refractivity contribution in [1.82, 2.24) is 14.9 Å². The molecule has 0 atom stereocenters. The highest BCUT2D eigenvalue weighted by atomic mass is 32.1. The second-order valence-electron chi connectivity index (χ2n) is 6.31. The highest BCUT2D eigenvalue weighted by molar-refractivity contribution is 7.18. The molecule has 1 N–H and O–H groups in total. The molecule has 2 heterocycles. The molecule has 0 amide bonds. The van der Waals surface area contributed by atoms with E-state index in [-0.39, 0.29) is 5.54 Å². The zero-order valence-electron chi connectivity index (χ0n) is 12.8. The van der Waals surface area contributed by atoms with E-state index in [0.29, 0.717) is 0 Å². The predicted molar refractivity (Wildman–Crippen MR) is 89.7 cm³/mol. The van der Waals surface area contributed by atoms with Crippen LogP contribution in [0.25, 0.3) is 10.2 Å². The zero-order chi connectivity index (χ0) is 14.9. The maximum Gasteiger partial charge on any atom is 0.114 e. The quantitative estimate of drug-likeness (QED) is 0.788. The Balaban J connectivity index is 1.77. The Bertz CT molecular complexity index is 701. The number of hydrogen-bond donors (Lipinski definition) is 1. The molecule has 0 spiro atoms. The van der Waals surface area contributed by atoms with E-state index < -0.39 is 0 Å². The van der Waals surface area contributed by atoms with E-state index >= 15 is 0 Å². The van der Waals surface area contributed by atoms with E-state index in [1.807, 2.05) is 6.07 Å². The minimum Gasteiger partial charge on any atom is -0.343 e. The Hall–Kier alpha value is -1.65. The molecule has 0 aliphatic heterocycles. The average molecular weight is 299 g/mol. The molecule has 110 valence electrons. The van der Waals surface area contributed by atoms with Crippen LogP contribution in [-0.2, 0) is 13.1 Å². The first-order chi connectivity index (χ1) is 10.0. The van der Waals surface area contributed by atoms with Crippen LogP contribution in [0.15, 0.2) is 42.6 Å². The van der Waals surface area contributed by atoms with Crippen molar-refractivity contribution in [1.29, 1.82) is 0 Å². The maximum absolute atomic E-state index is 4.71. The van der Waals surface area contributed by atoms with Crippen LogP contribution in [0.2, 0.25) is 0 Å². The molecular weight excluding hydrogens is 278 g/mol. The number of nitrogens with zero attached hydrogens (tertiary/aromatic N) is 2. The van der Waals surface area contributed by atoms with Crippen LogP contribution in [0.3, 0.4) is 0 Å². The van der Waals surface area contributed by atoms with Crippen LogP contribution in [0, 0.1) is 0 Å². The zero-order valence-corrected chi connectivity index (χ0v) is 13.6. The van der Waals surface area contributed by atoms with E-state index in [2.05, 4.69) is 67.2 Å². The molecule has 3 rings (SSSR count). The molecule has 4 heteroatoms. The number of rotatable bonds is 4. The van der Waals surface area contributed by atoms with E-state index in [9.17, 15) is 0 Å². The van der Waals surface area contributed by atoms with Gasteiger partial charge >= 0.3 is 0 Å². The monoisotopic (exact) mass is 299 g/mol. The van der Waals surface area contributed by atoms with E-state index in [4.69, 9.17) is 4.98 Å². The van der Waals surface area contributed by atoms with Crippen LogP contribution < -0.4 is 5.32 Å². The highest BCUT2D eigenvalue weighted by Crippen LogP contribution is 2.22. The molecular formula is C17H21N3S. The smallest absolute Gasteiger partial charge is 0.114 e. The molecule has 3 aromatic rings. The summed E-state index contributed by atoms with van der Waals surface area (Å²) in [7, 11) is 0. The number of aromatic nitrogens is 2. The Labute approximate surface area is 129 Å². The minimum absolute atomic E-state index is 0.130. The molecule has 0 saturated carbocycles. The third-order valence-electron chi connectivity index (χ3n) is 3.37. The summed E-state index contributed by atoms with van der Waals surface area (Å²) in [5.74, 6) is 0. The molecule has 0 saturated heterocycles. The SMILES string of the molecule is CC(C)(C)NCc1cccn1Cc1nc2ccccc2s1. The van der Waals surface area contributed by atoms with Gasteiger partial charge in [0.1, 0.15) is 5.01 Å². The fourth-order valence-electron chi connectivity index (χ4n) is 2.25. The number of fused-ring (bicyclic) bond motifs is 1. The standard InChI is InChI=1S/C17H21N3S/c1-17(2,3)18-11-13-7-6-10-20(13)12-16-19-14-8-4-5-9-15(14)21-16/h4-10,18H,11-12H2,1-3H3. The van der Waals surface area contributed by atoms with Gasteiger partial charge in [-0.3, -0.25) is 0 Å². The Morgan fingerprint density at radius 1 is 1.14 bits per heavy atom. The lowest BCUT2D eigenvalue weighted by Crippen LogP contribution is -2.35. The van der Waals surface area contributed by atoms with Gasteiger partial charge < -0.3 is 9.88 Å². The van der Waals surface area contributed by atoms with Crippen LogP contribution in [0.1, 0.15) is 31.5 Å². The third-order valence-corrected chi connectivity index (χ3v) is 4.39. The normalized spacial score (nSPS) is 12.1. The van der Waals surface area contributed by atoms with Crippen LogP contribution >= 0.6 is 11.3 Å². The van der Waals surface area contributed by atoms with Gasteiger partial charge in [0.15, 0.2) is 0 Å². The van der Waals surface area contributed by atoms with Crippen molar-refractivity contribution in [3.8, 4) is 0 Å². The molecule has 0 radical (unpaired) electrons. The lowest BCUT2D eigenvalue weighted by molar-refractivity contribution is 0.417. The molecule has 1 aromatic carbocycles. The summed E-state index contributed by atoms with van der Waals surface area (Å²) in [6.07, 6.45) is 2.13. The molecule has 0 unspecified atom stereocenters. The highest BCUT2D eigenvalue weighted by Gasteiger charge is 2.11. The summed E-state index contributed by atoms with van der Waals surface area (Å²) < 4.78 is 3.53. The first-order valence-electron chi connectivity index (χ1n) is 7.25. The van der Waals surface area contributed by atoms with Crippen molar-refractivity contribution >= 4 is 21.6 Å². The summed E-state index contributed by atoms with van der Waals surface area (Å²) in [5.41, 5.74) is 2.52. The van der Waals surface area contributed by atoms with Crippen molar-refractivity contribution in [3.05, 3.63) is 53.3 Å². The van der Waals surface area contributed by atoms with Gasteiger partial charge in [-0.05, 0) is 45.0 Å². The number of thiazole rings is 1. The summed E-state index contributed by atoms with van der Waals surface area (Å²) in [6, 6.07) is 12.6. The van der Waals surface area contributed by atoms with Gasteiger partial charge in [-0.1, -0.05) is 12.1 Å². The number of para-hydroxylation sites is 1. The Kier molecular flexibility index (Phi) is 3.83. The summed E-state index contributed by atoms with van der Waals surface area (Å²) in [4.78, 5) is 4.71. The van der Waals surface area contributed by atoms with Gasteiger partial charge in [0.05, 0.1) is 16.8 Å². The fourth-order valence-corrected chi connectivity index (χ4v) is 3.22. The van der Waals surface area contributed by atoms with Crippen LogP contribution in [0.5, 0.6) is 0 Å². The van der Waals surface area contributed by atoms with Gasteiger partial charge in [-0.25, -0.2) is 4.98 Å². The maximum atomic E-state index is 4.71. The van der Waals surface area contributed by atoms with Gasteiger partial charge in [-0.15, -0.1) is 11.3 Å². The first kappa shape index (κ1) is 14.3. The number of benzene rings is 1. The van der Waals surface area contributed by atoms with Crippen molar-refractivity contribution in [2.75, 3.05) is 0 Å². The molecule has 3 nitrogen and oxygen atoms in total. The second kappa shape index (κ2) is 5.62. The largest absolute Gasteiger partial charge is 0.343 e. The molecule has 0 fully saturated rings. The molecule has 2 aromatic heterocycles. The third kappa shape index (κ3) is 3.52. The van der Waals surface area contributed by atoms with Gasteiger partial charge in [0.25, 0.3) is 0 Å². The van der Waals surface area contributed by atoms with Crippen molar-refractivity contribution < 1.29 is 0 Å². The molecule has 0 aliphatic rings. The van der Waals surface area contributed by atoms with Crippen LogP contribution in [-0.4, -0.2) is 15.1 Å². The lowest BCUT2D eigenvalue weighted by atomic mass is 10.1. The Morgan fingerprint density at radius 3 is 2.71 bits per heavy atom. The van der Waals surface area contributed by atoms with Gasteiger partial charge in [0, 0.05) is 24.0 Å². The molecule has 0 aliphatic carbocycles. The molecule has 0 bridgehead atoms. The summed E-state index contributed by atoms with van der Waals surface area (Å²) in [5, 5.41) is 4.70. The molecule has 21 heavy (non-hydrogen) atoms. The minimum atomic E-state index is 0.130. The van der Waals surface area contributed by atoms with Crippen LogP contribution in [0.4, 0.5) is 0 Å². The first-order valence-corrected chi connectivity index (χ1v) is 8.06. The van der Waals surface area contributed by atoms with Gasteiger partial charge in [-0.2, -0.15) is 0 Å². The van der Waals surface area contributed by atoms with E-state index in [0.717, 1.165) is 23.6 Å². The van der Waals surface area contributed by atoms with E-state index in [1.165, 1.54) is 10.4 Å². The lowest BCUT2D eigenvalue weighted by Gasteiger charge is -2.21. The van der Waals surface area contributed by atoms with Gasteiger partial charge in [0.2, 0.25) is 0 Å².